The number of nitrogens with zero attached hydrogens (tertiary/aromatic N) is 4. The monoisotopic (exact) mass is 233 g/mol. The molecule has 0 aromatic carbocycles. The lowest BCUT2D eigenvalue weighted by Gasteiger charge is -2.18. The van der Waals surface area contributed by atoms with Crippen LogP contribution < -0.4 is 5.32 Å². The first-order valence-corrected chi connectivity index (χ1v) is 5.38. The summed E-state index contributed by atoms with van der Waals surface area (Å²) in [7, 11) is 0. The van der Waals surface area contributed by atoms with Gasteiger partial charge in [0, 0.05) is 17.9 Å². The van der Waals surface area contributed by atoms with Crippen molar-refractivity contribution in [3.8, 4) is 11.5 Å². The van der Waals surface area contributed by atoms with Crippen molar-refractivity contribution in [3.63, 3.8) is 0 Å². The fourth-order valence-corrected chi connectivity index (χ4v) is 1.19. The first-order chi connectivity index (χ1) is 8.04. The first-order valence-electron chi connectivity index (χ1n) is 5.38. The van der Waals surface area contributed by atoms with Crippen molar-refractivity contribution in [2.75, 3.05) is 0 Å². The summed E-state index contributed by atoms with van der Waals surface area (Å²) in [4.78, 5) is 12.3. The van der Waals surface area contributed by atoms with Gasteiger partial charge in [0.05, 0.1) is 12.7 Å². The Bertz CT molecular complexity index is 474. The second-order valence-electron chi connectivity index (χ2n) is 4.71. The Balaban J connectivity index is 2.07. The predicted octanol–water partition coefficient (Wildman–Crippen LogP) is 1.41. The number of rotatable bonds is 3. The quantitative estimate of drug-likeness (QED) is 0.863. The summed E-state index contributed by atoms with van der Waals surface area (Å²) < 4.78 is 5.12. The SMILES string of the molecule is CC(C)(C)NCc1nc(-c2cnccn2)no1. The van der Waals surface area contributed by atoms with E-state index in [9.17, 15) is 0 Å². The topological polar surface area (TPSA) is 76.7 Å². The zero-order valence-corrected chi connectivity index (χ0v) is 10.1. The Morgan fingerprint density at radius 2 is 2.12 bits per heavy atom. The third-order valence-electron chi connectivity index (χ3n) is 2.03. The molecule has 0 aliphatic carbocycles. The van der Waals surface area contributed by atoms with Crippen LogP contribution in [0.2, 0.25) is 0 Å². The fraction of sp³-hybridized carbons (Fsp3) is 0.455. The summed E-state index contributed by atoms with van der Waals surface area (Å²) in [5, 5.41) is 7.13. The van der Waals surface area contributed by atoms with Crippen LogP contribution in [0.4, 0.5) is 0 Å². The predicted molar refractivity (Wildman–Crippen MR) is 61.9 cm³/mol. The van der Waals surface area contributed by atoms with Gasteiger partial charge in [-0.1, -0.05) is 5.16 Å². The summed E-state index contributed by atoms with van der Waals surface area (Å²) >= 11 is 0. The van der Waals surface area contributed by atoms with Crippen LogP contribution >= 0.6 is 0 Å². The molecule has 17 heavy (non-hydrogen) atoms. The van der Waals surface area contributed by atoms with Crippen LogP contribution in [0.1, 0.15) is 26.7 Å². The number of nitrogens with one attached hydrogen (secondary N) is 1. The third kappa shape index (κ3) is 3.32. The van der Waals surface area contributed by atoms with Crippen LogP contribution in [0.5, 0.6) is 0 Å². The molecule has 0 saturated carbocycles. The van der Waals surface area contributed by atoms with E-state index >= 15 is 0 Å². The number of hydrogen-bond donors (Lipinski definition) is 1. The molecule has 2 aromatic heterocycles. The van der Waals surface area contributed by atoms with E-state index in [1.807, 2.05) is 0 Å². The van der Waals surface area contributed by atoms with Crippen molar-refractivity contribution in [1.29, 1.82) is 0 Å². The molecule has 6 heteroatoms. The highest BCUT2D eigenvalue weighted by Gasteiger charge is 2.13. The highest BCUT2D eigenvalue weighted by molar-refractivity contribution is 5.45. The zero-order valence-electron chi connectivity index (χ0n) is 10.1. The molecule has 0 unspecified atom stereocenters. The van der Waals surface area contributed by atoms with Crippen LogP contribution in [0, 0.1) is 0 Å². The fourth-order valence-electron chi connectivity index (χ4n) is 1.19. The maximum Gasteiger partial charge on any atom is 0.240 e. The van der Waals surface area contributed by atoms with Gasteiger partial charge in [-0.2, -0.15) is 4.98 Å². The molecular formula is C11H15N5O. The second kappa shape index (κ2) is 4.58. The Labute approximate surface area is 99.5 Å². The molecule has 2 aromatic rings. The van der Waals surface area contributed by atoms with Gasteiger partial charge in [0.2, 0.25) is 11.7 Å². The molecule has 0 bridgehead atoms. The molecule has 0 spiro atoms. The molecule has 2 heterocycles. The van der Waals surface area contributed by atoms with Crippen molar-refractivity contribution in [2.45, 2.75) is 32.9 Å². The van der Waals surface area contributed by atoms with Crippen LogP contribution in [0.25, 0.3) is 11.5 Å². The summed E-state index contributed by atoms with van der Waals surface area (Å²) in [5.74, 6) is 1.00. The molecule has 0 aliphatic rings. The second-order valence-corrected chi connectivity index (χ2v) is 4.71. The lowest BCUT2D eigenvalue weighted by Crippen LogP contribution is -2.35. The van der Waals surface area contributed by atoms with Gasteiger partial charge in [-0.15, -0.1) is 0 Å². The van der Waals surface area contributed by atoms with Crippen LogP contribution in [-0.4, -0.2) is 25.6 Å². The summed E-state index contributed by atoms with van der Waals surface area (Å²) in [5.41, 5.74) is 0.625. The number of aromatic nitrogens is 4. The van der Waals surface area contributed by atoms with Gasteiger partial charge in [-0.25, -0.2) is 4.98 Å². The van der Waals surface area contributed by atoms with Gasteiger partial charge in [-0.05, 0) is 20.8 Å². The lowest BCUT2D eigenvalue weighted by atomic mass is 10.1. The minimum atomic E-state index is 0.0151. The molecule has 0 radical (unpaired) electrons. The molecule has 1 N–H and O–H groups in total. The van der Waals surface area contributed by atoms with Gasteiger partial charge in [0.25, 0.3) is 0 Å². The highest BCUT2D eigenvalue weighted by Crippen LogP contribution is 2.11. The van der Waals surface area contributed by atoms with Gasteiger partial charge in [0.1, 0.15) is 5.69 Å². The van der Waals surface area contributed by atoms with Gasteiger partial charge < -0.3 is 9.84 Å². The summed E-state index contributed by atoms with van der Waals surface area (Å²) in [6, 6.07) is 0. The van der Waals surface area contributed by atoms with Gasteiger partial charge in [-0.3, -0.25) is 4.98 Å². The van der Waals surface area contributed by atoms with Gasteiger partial charge in [0.15, 0.2) is 0 Å². The Hall–Kier alpha value is -1.82. The smallest absolute Gasteiger partial charge is 0.240 e. The Kier molecular flexibility index (Phi) is 3.14. The maximum atomic E-state index is 5.12. The molecule has 0 aliphatic heterocycles. The average Bonchev–Trinajstić information content (AvgIpc) is 2.75. The molecular weight excluding hydrogens is 218 g/mol. The zero-order chi connectivity index (χ0) is 12.3. The van der Waals surface area contributed by atoms with E-state index in [-0.39, 0.29) is 5.54 Å². The van der Waals surface area contributed by atoms with Crippen molar-refractivity contribution in [3.05, 3.63) is 24.5 Å². The van der Waals surface area contributed by atoms with E-state index in [0.29, 0.717) is 24.0 Å². The Morgan fingerprint density at radius 3 is 2.76 bits per heavy atom. The summed E-state index contributed by atoms with van der Waals surface area (Å²) in [6.45, 7) is 6.77. The third-order valence-corrected chi connectivity index (χ3v) is 2.03. The summed E-state index contributed by atoms with van der Waals surface area (Å²) in [6.07, 6.45) is 4.80. The molecule has 0 saturated heterocycles. The van der Waals surface area contributed by atoms with Crippen molar-refractivity contribution in [2.24, 2.45) is 0 Å². The minimum Gasteiger partial charge on any atom is -0.337 e. The molecule has 6 nitrogen and oxygen atoms in total. The lowest BCUT2D eigenvalue weighted by molar-refractivity contribution is 0.336. The van der Waals surface area contributed by atoms with E-state index < -0.39 is 0 Å². The van der Waals surface area contributed by atoms with Gasteiger partial charge >= 0.3 is 0 Å². The van der Waals surface area contributed by atoms with Crippen LogP contribution in [0.3, 0.4) is 0 Å². The van der Waals surface area contributed by atoms with Crippen molar-refractivity contribution in [1.82, 2.24) is 25.4 Å². The van der Waals surface area contributed by atoms with Crippen molar-refractivity contribution >= 4 is 0 Å². The van der Waals surface area contributed by atoms with E-state index in [0.717, 1.165) is 0 Å². The molecule has 0 fully saturated rings. The van der Waals surface area contributed by atoms with Crippen LogP contribution in [0.15, 0.2) is 23.1 Å². The standard InChI is InChI=1S/C11H15N5O/c1-11(2,3)14-7-9-15-10(16-17-9)8-6-12-4-5-13-8/h4-6,14H,7H2,1-3H3. The highest BCUT2D eigenvalue weighted by atomic mass is 16.5. The maximum absolute atomic E-state index is 5.12. The van der Waals surface area contributed by atoms with E-state index in [1.54, 1.807) is 18.6 Å². The van der Waals surface area contributed by atoms with E-state index in [4.69, 9.17) is 4.52 Å². The van der Waals surface area contributed by atoms with E-state index in [1.165, 1.54) is 0 Å². The largest absolute Gasteiger partial charge is 0.337 e. The van der Waals surface area contributed by atoms with Crippen LogP contribution in [-0.2, 0) is 6.54 Å². The molecule has 2 rings (SSSR count). The number of hydrogen-bond acceptors (Lipinski definition) is 6. The first kappa shape index (κ1) is 11.7. The average molecular weight is 233 g/mol. The Morgan fingerprint density at radius 1 is 1.29 bits per heavy atom. The van der Waals surface area contributed by atoms with E-state index in [2.05, 4.69) is 46.2 Å². The molecule has 0 atom stereocenters. The van der Waals surface area contributed by atoms with Crippen molar-refractivity contribution < 1.29 is 4.52 Å². The molecule has 0 amide bonds. The molecule has 90 valence electrons. The minimum absolute atomic E-state index is 0.0151. The normalized spacial score (nSPS) is 11.7.